The minimum Gasteiger partial charge on any atom is -0.330 e. The number of hydrogen-bond acceptors (Lipinski definition) is 1. The molecule has 1 atom stereocenters. The van der Waals surface area contributed by atoms with Crippen molar-refractivity contribution >= 4 is 0 Å². The highest BCUT2D eigenvalue weighted by Gasteiger charge is 2.62. The fourth-order valence-corrected chi connectivity index (χ4v) is 6.40. The SMILES string of the molecule is CC1(C)CC1(CN)CC1C2CC3CC(C2)CC1C3. The summed E-state index contributed by atoms with van der Waals surface area (Å²) in [6, 6.07) is 0. The Kier molecular flexibility index (Phi) is 2.31. The van der Waals surface area contributed by atoms with Crippen LogP contribution in [0, 0.1) is 40.4 Å². The lowest BCUT2D eigenvalue weighted by atomic mass is 9.50. The maximum absolute atomic E-state index is 6.15. The fraction of sp³-hybridized carbons (Fsp3) is 1.00. The van der Waals surface area contributed by atoms with Crippen LogP contribution in [0.1, 0.15) is 58.8 Å². The summed E-state index contributed by atoms with van der Waals surface area (Å²) in [5.41, 5.74) is 7.21. The zero-order valence-corrected chi connectivity index (χ0v) is 12.1. The molecule has 0 heterocycles. The molecule has 0 spiro atoms. The Labute approximate surface area is 112 Å². The average molecular weight is 247 g/mol. The molecule has 0 amide bonds. The van der Waals surface area contributed by atoms with E-state index in [-0.39, 0.29) is 0 Å². The zero-order valence-electron chi connectivity index (χ0n) is 12.1. The van der Waals surface area contributed by atoms with Crippen molar-refractivity contribution in [1.29, 1.82) is 0 Å². The monoisotopic (exact) mass is 247 g/mol. The van der Waals surface area contributed by atoms with Crippen molar-refractivity contribution in [3.8, 4) is 0 Å². The quantitative estimate of drug-likeness (QED) is 0.806. The van der Waals surface area contributed by atoms with Gasteiger partial charge in [-0.3, -0.25) is 0 Å². The van der Waals surface area contributed by atoms with Crippen molar-refractivity contribution < 1.29 is 0 Å². The third kappa shape index (κ3) is 1.49. The molecule has 1 unspecified atom stereocenters. The highest BCUT2D eigenvalue weighted by molar-refractivity contribution is 5.12. The zero-order chi connectivity index (χ0) is 12.5. The molecule has 0 aliphatic heterocycles. The van der Waals surface area contributed by atoms with Gasteiger partial charge < -0.3 is 5.73 Å². The van der Waals surface area contributed by atoms with Crippen molar-refractivity contribution in [2.24, 2.45) is 46.2 Å². The van der Waals surface area contributed by atoms with Gasteiger partial charge in [0.1, 0.15) is 0 Å². The van der Waals surface area contributed by atoms with E-state index in [1.54, 1.807) is 32.1 Å². The molecule has 5 saturated carbocycles. The van der Waals surface area contributed by atoms with Gasteiger partial charge in [0.15, 0.2) is 0 Å². The van der Waals surface area contributed by atoms with Crippen LogP contribution in [0.5, 0.6) is 0 Å². The van der Waals surface area contributed by atoms with E-state index in [9.17, 15) is 0 Å². The van der Waals surface area contributed by atoms with Gasteiger partial charge in [0.25, 0.3) is 0 Å². The van der Waals surface area contributed by atoms with Crippen LogP contribution >= 0.6 is 0 Å². The van der Waals surface area contributed by atoms with Crippen LogP contribution in [-0.2, 0) is 0 Å². The molecule has 0 saturated heterocycles. The van der Waals surface area contributed by atoms with E-state index in [2.05, 4.69) is 13.8 Å². The number of hydrogen-bond donors (Lipinski definition) is 1. The average Bonchev–Trinajstić information content (AvgIpc) is 2.85. The third-order valence-corrected chi connectivity index (χ3v) is 7.53. The number of rotatable bonds is 3. The molecule has 5 aliphatic rings. The van der Waals surface area contributed by atoms with Gasteiger partial charge in [-0.25, -0.2) is 0 Å². The van der Waals surface area contributed by atoms with Gasteiger partial charge in [0, 0.05) is 0 Å². The maximum Gasteiger partial charge on any atom is -0.00151 e. The predicted octanol–water partition coefficient (Wildman–Crippen LogP) is 3.82. The smallest absolute Gasteiger partial charge is 0.00151 e. The molecular formula is C17H29N. The van der Waals surface area contributed by atoms with Gasteiger partial charge >= 0.3 is 0 Å². The first kappa shape index (κ1) is 11.8. The van der Waals surface area contributed by atoms with Gasteiger partial charge in [-0.2, -0.15) is 0 Å². The Morgan fingerprint density at radius 2 is 1.44 bits per heavy atom. The largest absolute Gasteiger partial charge is 0.330 e. The van der Waals surface area contributed by atoms with E-state index in [0.717, 1.165) is 36.1 Å². The van der Waals surface area contributed by atoms with Crippen LogP contribution in [0.3, 0.4) is 0 Å². The fourth-order valence-electron chi connectivity index (χ4n) is 6.40. The summed E-state index contributed by atoms with van der Waals surface area (Å²) in [6.07, 6.45) is 10.7. The van der Waals surface area contributed by atoms with Crippen LogP contribution < -0.4 is 5.73 Å². The Balaban J connectivity index is 1.53. The standard InChI is InChI=1S/C17H29N/c1-16(2)9-17(16,10-18)8-15-13-4-11-3-12(6-13)7-14(15)5-11/h11-15H,3-10,18H2,1-2H3. The molecule has 0 radical (unpaired) electrons. The van der Waals surface area contributed by atoms with Gasteiger partial charge in [-0.1, -0.05) is 13.8 Å². The van der Waals surface area contributed by atoms with Crippen molar-refractivity contribution in [1.82, 2.24) is 0 Å². The summed E-state index contributed by atoms with van der Waals surface area (Å²) in [5.74, 6) is 5.44. The van der Waals surface area contributed by atoms with E-state index in [4.69, 9.17) is 5.73 Å². The lowest BCUT2D eigenvalue weighted by Crippen LogP contribution is -2.46. The minimum absolute atomic E-state index is 0.521. The third-order valence-electron chi connectivity index (χ3n) is 7.53. The molecule has 1 heteroatoms. The topological polar surface area (TPSA) is 26.0 Å². The van der Waals surface area contributed by atoms with Crippen LogP contribution in [0.2, 0.25) is 0 Å². The predicted molar refractivity (Wildman–Crippen MR) is 75.0 cm³/mol. The molecule has 18 heavy (non-hydrogen) atoms. The van der Waals surface area contributed by atoms with Crippen LogP contribution in [0.15, 0.2) is 0 Å². The highest BCUT2D eigenvalue weighted by Crippen LogP contribution is 2.69. The molecule has 5 rings (SSSR count). The molecule has 2 N–H and O–H groups in total. The molecule has 0 aromatic heterocycles. The van der Waals surface area contributed by atoms with Gasteiger partial charge in [-0.05, 0) is 91.9 Å². The molecular weight excluding hydrogens is 218 g/mol. The minimum atomic E-state index is 0.521. The molecule has 102 valence electrons. The second-order valence-electron chi connectivity index (χ2n) is 8.84. The van der Waals surface area contributed by atoms with Crippen molar-refractivity contribution in [2.45, 2.75) is 58.8 Å². The molecule has 0 aromatic carbocycles. The Morgan fingerprint density at radius 3 is 1.83 bits per heavy atom. The summed E-state index contributed by atoms with van der Waals surface area (Å²) in [4.78, 5) is 0. The van der Waals surface area contributed by atoms with Crippen LogP contribution in [-0.4, -0.2) is 6.54 Å². The summed E-state index contributed by atoms with van der Waals surface area (Å²) in [7, 11) is 0. The van der Waals surface area contributed by atoms with Crippen molar-refractivity contribution in [3.05, 3.63) is 0 Å². The molecule has 1 nitrogen and oxygen atoms in total. The Bertz CT molecular complexity index is 331. The second kappa shape index (κ2) is 3.53. The maximum atomic E-state index is 6.15. The summed E-state index contributed by atoms with van der Waals surface area (Å²) < 4.78 is 0. The lowest BCUT2D eigenvalue weighted by molar-refractivity contribution is -0.0492. The first-order valence-corrected chi connectivity index (χ1v) is 8.23. The highest BCUT2D eigenvalue weighted by atomic mass is 14.7. The normalized spacial score (nSPS) is 55.8. The Morgan fingerprint density at radius 1 is 0.944 bits per heavy atom. The van der Waals surface area contributed by atoms with Crippen LogP contribution in [0.25, 0.3) is 0 Å². The van der Waals surface area contributed by atoms with E-state index < -0.39 is 0 Å². The molecule has 0 aromatic rings. The molecule has 5 aliphatic carbocycles. The van der Waals surface area contributed by atoms with E-state index in [1.165, 1.54) is 12.8 Å². The Hall–Kier alpha value is -0.0400. The first-order valence-electron chi connectivity index (χ1n) is 8.23. The van der Waals surface area contributed by atoms with E-state index >= 15 is 0 Å². The lowest BCUT2D eigenvalue weighted by Gasteiger charge is -2.55. The van der Waals surface area contributed by atoms with Gasteiger partial charge in [-0.15, -0.1) is 0 Å². The van der Waals surface area contributed by atoms with Crippen molar-refractivity contribution in [2.75, 3.05) is 6.54 Å². The molecule has 5 fully saturated rings. The van der Waals surface area contributed by atoms with Gasteiger partial charge in [0.2, 0.25) is 0 Å². The van der Waals surface area contributed by atoms with E-state index in [1.807, 2.05) is 0 Å². The van der Waals surface area contributed by atoms with Gasteiger partial charge in [0.05, 0.1) is 0 Å². The second-order valence-corrected chi connectivity index (χ2v) is 8.84. The van der Waals surface area contributed by atoms with E-state index in [0.29, 0.717) is 10.8 Å². The number of nitrogens with two attached hydrogens (primary N) is 1. The van der Waals surface area contributed by atoms with Crippen molar-refractivity contribution in [3.63, 3.8) is 0 Å². The summed E-state index contributed by atoms with van der Waals surface area (Å²) in [5, 5.41) is 0. The molecule has 4 bridgehead atoms. The summed E-state index contributed by atoms with van der Waals surface area (Å²) >= 11 is 0. The van der Waals surface area contributed by atoms with Crippen LogP contribution in [0.4, 0.5) is 0 Å². The summed E-state index contributed by atoms with van der Waals surface area (Å²) in [6.45, 7) is 5.81. The first-order chi connectivity index (χ1) is 8.53.